The van der Waals surface area contributed by atoms with Crippen LogP contribution < -0.4 is 10.2 Å². The standard InChI is InChI=1S/C20H20N4O/c1-15(25)17-9-6-10-18(11-17)23-19-12-20(22-14-21-19)24(2)13-16-7-4-3-5-8-16/h3-12,14H,13H2,1-2H3,(H,21,22,23). The van der Waals surface area contributed by atoms with Crippen molar-refractivity contribution >= 4 is 23.1 Å². The first-order valence-electron chi connectivity index (χ1n) is 8.07. The summed E-state index contributed by atoms with van der Waals surface area (Å²) in [5, 5.41) is 3.23. The largest absolute Gasteiger partial charge is 0.355 e. The number of hydrogen-bond donors (Lipinski definition) is 1. The van der Waals surface area contributed by atoms with E-state index < -0.39 is 0 Å². The second kappa shape index (κ2) is 7.57. The molecular weight excluding hydrogens is 312 g/mol. The van der Waals surface area contributed by atoms with Gasteiger partial charge in [0, 0.05) is 30.9 Å². The van der Waals surface area contributed by atoms with Crippen LogP contribution >= 0.6 is 0 Å². The van der Waals surface area contributed by atoms with Gasteiger partial charge in [0.05, 0.1) is 0 Å². The van der Waals surface area contributed by atoms with Gasteiger partial charge in [-0.05, 0) is 24.6 Å². The number of carbonyl (C=O) groups is 1. The van der Waals surface area contributed by atoms with Gasteiger partial charge in [-0.25, -0.2) is 9.97 Å². The second-order valence-corrected chi connectivity index (χ2v) is 5.87. The summed E-state index contributed by atoms with van der Waals surface area (Å²) >= 11 is 0. The Morgan fingerprint density at radius 2 is 1.84 bits per heavy atom. The molecule has 0 spiro atoms. The van der Waals surface area contributed by atoms with Crippen molar-refractivity contribution in [1.82, 2.24) is 9.97 Å². The SMILES string of the molecule is CC(=O)c1cccc(Nc2cc(N(C)Cc3ccccc3)ncn2)c1. The van der Waals surface area contributed by atoms with Crippen molar-refractivity contribution in [3.63, 3.8) is 0 Å². The highest BCUT2D eigenvalue weighted by molar-refractivity contribution is 5.95. The van der Waals surface area contributed by atoms with Gasteiger partial charge < -0.3 is 10.2 Å². The molecule has 2 aromatic carbocycles. The van der Waals surface area contributed by atoms with Crippen molar-refractivity contribution in [2.45, 2.75) is 13.5 Å². The highest BCUT2D eigenvalue weighted by atomic mass is 16.1. The number of nitrogens with zero attached hydrogens (tertiary/aromatic N) is 3. The van der Waals surface area contributed by atoms with Gasteiger partial charge in [0.1, 0.15) is 18.0 Å². The maximum Gasteiger partial charge on any atom is 0.159 e. The van der Waals surface area contributed by atoms with E-state index in [0.717, 1.165) is 18.1 Å². The number of rotatable bonds is 6. The zero-order valence-corrected chi connectivity index (χ0v) is 14.3. The molecule has 0 aliphatic carbocycles. The average Bonchev–Trinajstić information content (AvgIpc) is 2.63. The van der Waals surface area contributed by atoms with Gasteiger partial charge in [-0.2, -0.15) is 0 Å². The van der Waals surface area contributed by atoms with Crippen LogP contribution in [-0.2, 0) is 6.54 Å². The van der Waals surface area contributed by atoms with Crippen LogP contribution in [0, 0.1) is 0 Å². The summed E-state index contributed by atoms with van der Waals surface area (Å²) in [4.78, 5) is 22.2. The first-order chi connectivity index (χ1) is 12.1. The number of Topliss-reactive ketones (excluding diaryl/α,β-unsaturated/α-hetero) is 1. The van der Waals surface area contributed by atoms with Gasteiger partial charge in [-0.15, -0.1) is 0 Å². The van der Waals surface area contributed by atoms with E-state index >= 15 is 0 Å². The summed E-state index contributed by atoms with van der Waals surface area (Å²) in [6.45, 7) is 2.32. The molecule has 25 heavy (non-hydrogen) atoms. The van der Waals surface area contributed by atoms with Gasteiger partial charge in [-0.1, -0.05) is 42.5 Å². The van der Waals surface area contributed by atoms with Crippen molar-refractivity contribution in [3.05, 3.63) is 78.1 Å². The summed E-state index contributed by atoms with van der Waals surface area (Å²) in [5.74, 6) is 1.55. The summed E-state index contributed by atoms with van der Waals surface area (Å²) < 4.78 is 0. The number of hydrogen-bond acceptors (Lipinski definition) is 5. The van der Waals surface area contributed by atoms with E-state index in [0.29, 0.717) is 11.4 Å². The number of anilines is 3. The van der Waals surface area contributed by atoms with Crippen LogP contribution in [0.1, 0.15) is 22.8 Å². The van der Waals surface area contributed by atoms with Crippen LogP contribution in [0.25, 0.3) is 0 Å². The molecule has 1 heterocycles. The van der Waals surface area contributed by atoms with Crippen molar-refractivity contribution in [1.29, 1.82) is 0 Å². The van der Waals surface area contributed by atoms with E-state index in [1.807, 2.05) is 49.5 Å². The Kier molecular flexibility index (Phi) is 5.04. The van der Waals surface area contributed by atoms with Crippen LogP contribution in [0.5, 0.6) is 0 Å². The smallest absolute Gasteiger partial charge is 0.159 e. The third-order valence-corrected chi connectivity index (χ3v) is 3.85. The molecule has 0 fully saturated rings. The molecule has 0 radical (unpaired) electrons. The Morgan fingerprint density at radius 1 is 1.04 bits per heavy atom. The maximum absolute atomic E-state index is 11.5. The molecule has 0 aliphatic heterocycles. The van der Waals surface area contributed by atoms with Gasteiger partial charge in [-0.3, -0.25) is 4.79 Å². The van der Waals surface area contributed by atoms with Crippen molar-refractivity contribution in [3.8, 4) is 0 Å². The van der Waals surface area contributed by atoms with E-state index in [4.69, 9.17) is 0 Å². The Labute approximate surface area is 147 Å². The van der Waals surface area contributed by atoms with Crippen LogP contribution in [0.4, 0.5) is 17.3 Å². The third kappa shape index (κ3) is 4.41. The molecule has 0 bridgehead atoms. The first kappa shape index (κ1) is 16.6. The van der Waals surface area contributed by atoms with E-state index in [-0.39, 0.29) is 5.78 Å². The summed E-state index contributed by atoms with van der Waals surface area (Å²) in [7, 11) is 2.00. The lowest BCUT2D eigenvalue weighted by Crippen LogP contribution is -2.17. The number of carbonyl (C=O) groups excluding carboxylic acids is 1. The minimum atomic E-state index is 0.0367. The molecule has 0 saturated carbocycles. The highest BCUT2D eigenvalue weighted by Crippen LogP contribution is 2.20. The quantitative estimate of drug-likeness (QED) is 0.690. The Bertz CT molecular complexity index is 864. The predicted molar refractivity (Wildman–Crippen MR) is 100 cm³/mol. The van der Waals surface area contributed by atoms with Crippen LogP contribution in [0.15, 0.2) is 67.0 Å². The van der Waals surface area contributed by atoms with Crippen LogP contribution in [0.3, 0.4) is 0 Å². The zero-order valence-electron chi connectivity index (χ0n) is 14.3. The lowest BCUT2D eigenvalue weighted by Gasteiger charge is -2.18. The zero-order chi connectivity index (χ0) is 17.6. The van der Waals surface area contributed by atoms with Crippen LogP contribution in [0.2, 0.25) is 0 Å². The topological polar surface area (TPSA) is 58.1 Å². The number of aromatic nitrogens is 2. The molecule has 5 heteroatoms. The van der Waals surface area contributed by atoms with E-state index in [9.17, 15) is 4.79 Å². The molecular formula is C20H20N4O. The molecule has 5 nitrogen and oxygen atoms in total. The third-order valence-electron chi connectivity index (χ3n) is 3.85. The lowest BCUT2D eigenvalue weighted by molar-refractivity contribution is 0.101. The molecule has 1 aromatic heterocycles. The molecule has 0 atom stereocenters. The number of benzene rings is 2. The van der Waals surface area contributed by atoms with Gasteiger partial charge >= 0.3 is 0 Å². The molecule has 3 rings (SSSR count). The number of ketones is 1. The molecule has 0 unspecified atom stereocenters. The highest BCUT2D eigenvalue weighted by Gasteiger charge is 2.06. The fraction of sp³-hybridized carbons (Fsp3) is 0.150. The summed E-state index contributed by atoms with van der Waals surface area (Å²) in [6, 6.07) is 19.5. The molecule has 3 aromatic rings. The summed E-state index contributed by atoms with van der Waals surface area (Å²) in [5.41, 5.74) is 2.70. The van der Waals surface area contributed by atoms with Gasteiger partial charge in [0.15, 0.2) is 5.78 Å². The molecule has 0 saturated heterocycles. The van der Waals surface area contributed by atoms with Crippen molar-refractivity contribution < 1.29 is 4.79 Å². The number of nitrogens with one attached hydrogen (secondary N) is 1. The monoisotopic (exact) mass is 332 g/mol. The Hall–Kier alpha value is -3.21. The van der Waals surface area contributed by atoms with Gasteiger partial charge in [0.25, 0.3) is 0 Å². The lowest BCUT2D eigenvalue weighted by atomic mass is 10.1. The molecule has 126 valence electrons. The minimum absolute atomic E-state index is 0.0367. The molecule has 1 N–H and O–H groups in total. The van der Waals surface area contributed by atoms with E-state index in [2.05, 4.69) is 32.3 Å². The Balaban J connectivity index is 1.75. The maximum atomic E-state index is 11.5. The Morgan fingerprint density at radius 3 is 2.60 bits per heavy atom. The van der Waals surface area contributed by atoms with Crippen LogP contribution in [-0.4, -0.2) is 22.8 Å². The molecule has 0 aliphatic rings. The molecule has 0 amide bonds. The fourth-order valence-corrected chi connectivity index (χ4v) is 2.53. The minimum Gasteiger partial charge on any atom is -0.355 e. The van der Waals surface area contributed by atoms with E-state index in [1.54, 1.807) is 13.0 Å². The van der Waals surface area contributed by atoms with Crippen molar-refractivity contribution in [2.24, 2.45) is 0 Å². The predicted octanol–water partition coefficient (Wildman–Crippen LogP) is 4.06. The average molecular weight is 332 g/mol. The normalized spacial score (nSPS) is 10.3. The fourth-order valence-electron chi connectivity index (χ4n) is 2.53. The van der Waals surface area contributed by atoms with Crippen molar-refractivity contribution in [2.75, 3.05) is 17.3 Å². The second-order valence-electron chi connectivity index (χ2n) is 5.87. The first-order valence-corrected chi connectivity index (χ1v) is 8.07. The summed E-state index contributed by atoms with van der Waals surface area (Å²) in [6.07, 6.45) is 1.54. The van der Waals surface area contributed by atoms with Gasteiger partial charge in [0.2, 0.25) is 0 Å². The van der Waals surface area contributed by atoms with E-state index in [1.165, 1.54) is 11.9 Å².